The normalized spacial score (nSPS) is 18.4. The van der Waals surface area contributed by atoms with Crippen LogP contribution in [0.4, 0.5) is 11.4 Å². The number of likely N-dealkylation sites (tertiary alicyclic amines) is 1. The fraction of sp³-hybridized carbons (Fsp3) is 0.538. The first-order valence-corrected chi connectivity index (χ1v) is 11.5. The summed E-state index contributed by atoms with van der Waals surface area (Å²) >= 11 is 0. The number of hydrogen-bond donors (Lipinski definition) is 1. The quantitative estimate of drug-likeness (QED) is 0.625. The Hall–Kier alpha value is -2.00. The predicted molar refractivity (Wildman–Crippen MR) is 127 cm³/mol. The fourth-order valence-corrected chi connectivity index (χ4v) is 4.34. The summed E-state index contributed by atoms with van der Waals surface area (Å²) in [4.78, 5) is 5.04. The number of benzene rings is 2. The van der Waals surface area contributed by atoms with Gasteiger partial charge in [0.25, 0.3) is 0 Å². The van der Waals surface area contributed by atoms with Crippen LogP contribution in [0.25, 0.3) is 0 Å². The van der Waals surface area contributed by atoms with E-state index in [4.69, 9.17) is 5.73 Å². The zero-order valence-corrected chi connectivity index (χ0v) is 18.6. The molecule has 4 rings (SSSR count). The molecule has 0 radical (unpaired) electrons. The topological polar surface area (TPSA) is 32.5 Å². The third kappa shape index (κ3) is 6.24. The highest BCUT2D eigenvalue weighted by atomic mass is 15.2. The van der Waals surface area contributed by atoms with Crippen molar-refractivity contribution in [1.82, 2.24) is 4.90 Å². The smallest absolute Gasteiger partial charge is 0.0366 e. The van der Waals surface area contributed by atoms with E-state index in [1.54, 1.807) is 0 Å². The van der Waals surface area contributed by atoms with Crippen molar-refractivity contribution in [2.75, 3.05) is 36.8 Å². The van der Waals surface area contributed by atoms with E-state index in [0.717, 1.165) is 5.69 Å². The maximum atomic E-state index is 5.69. The maximum absolute atomic E-state index is 5.69. The second-order valence-electron chi connectivity index (χ2n) is 8.88. The highest BCUT2D eigenvalue weighted by Crippen LogP contribution is 2.25. The molecule has 3 heteroatoms. The Kier molecular flexibility index (Phi) is 8.00. The summed E-state index contributed by atoms with van der Waals surface area (Å²) < 4.78 is 0. The lowest BCUT2D eigenvalue weighted by Gasteiger charge is -2.32. The predicted octanol–water partition coefficient (Wildman–Crippen LogP) is 6.23. The zero-order chi connectivity index (χ0) is 20.6. The minimum absolute atomic E-state index is 0.533. The molecule has 0 saturated carbocycles. The van der Waals surface area contributed by atoms with Crippen molar-refractivity contribution < 1.29 is 0 Å². The summed E-state index contributed by atoms with van der Waals surface area (Å²) in [5.41, 5.74) is 10.8. The van der Waals surface area contributed by atoms with Crippen LogP contribution in [0.1, 0.15) is 76.0 Å². The molecular weight excluding hydrogens is 354 g/mol. The van der Waals surface area contributed by atoms with E-state index < -0.39 is 0 Å². The van der Waals surface area contributed by atoms with E-state index in [0.29, 0.717) is 12.0 Å². The average Bonchev–Trinajstić information content (AvgIpc) is 3.30. The number of anilines is 2. The Morgan fingerprint density at radius 1 is 0.655 bits per heavy atom. The van der Waals surface area contributed by atoms with Crippen LogP contribution in [-0.4, -0.2) is 31.1 Å². The summed E-state index contributed by atoms with van der Waals surface area (Å²) in [6.45, 7) is 11.7. The van der Waals surface area contributed by atoms with Gasteiger partial charge in [-0.25, -0.2) is 0 Å². The molecule has 2 aliphatic heterocycles. The SMILES string of the molecule is CC(C)c1ccc(N2CCCC2)cc1.CC(c1ccc(N)cc1)N1CCCCC1. The minimum Gasteiger partial charge on any atom is -0.399 e. The monoisotopic (exact) mass is 393 g/mol. The molecule has 0 amide bonds. The Labute approximate surface area is 177 Å². The minimum atomic E-state index is 0.533. The summed E-state index contributed by atoms with van der Waals surface area (Å²) in [5, 5.41) is 0. The molecule has 0 bridgehead atoms. The van der Waals surface area contributed by atoms with Gasteiger partial charge in [0.15, 0.2) is 0 Å². The molecule has 2 saturated heterocycles. The summed E-state index contributed by atoms with van der Waals surface area (Å²) in [6, 6.07) is 17.9. The molecule has 158 valence electrons. The number of hydrogen-bond acceptors (Lipinski definition) is 3. The number of nitrogens with two attached hydrogens (primary N) is 1. The van der Waals surface area contributed by atoms with E-state index in [-0.39, 0.29) is 0 Å². The molecule has 3 nitrogen and oxygen atoms in total. The van der Waals surface area contributed by atoms with Crippen LogP contribution in [0.5, 0.6) is 0 Å². The molecule has 29 heavy (non-hydrogen) atoms. The Morgan fingerprint density at radius 3 is 1.72 bits per heavy atom. The third-order valence-corrected chi connectivity index (χ3v) is 6.39. The molecular formula is C26H39N3. The molecule has 0 aromatic heterocycles. The van der Waals surface area contributed by atoms with Gasteiger partial charge in [-0.15, -0.1) is 0 Å². The first-order chi connectivity index (χ1) is 14.0. The largest absolute Gasteiger partial charge is 0.399 e. The van der Waals surface area contributed by atoms with Crippen LogP contribution in [0.2, 0.25) is 0 Å². The molecule has 0 spiro atoms. The van der Waals surface area contributed by atoms with Gasteiger partial charge in [0.2, 0.25) is 0 Å². The van der Waals surface area contributed by atoms with Crippen LogP contribution < -0.4 is 10.6 Å². The lowest BCUT2D eigenvalue weighted by molar-refractivity contribution is 0.175. The van der Waals surface area contributed by atoms with Crippen LogP contribution in [-0.2, 0) is 0 Å². The second kappa shape index (κ2) is 10.7. The van der Waals surface area contributed by atoms with Crippen LogP contribution >= 0.6 is 0 Å². The standard InChI is InChI=1S/C13H20N2.C13H19N/c1-11(15-9-3-2-4-10-15)12-5-7-13(14)8-6-12;1-11(2)12-5-7-13(8-6-12)14-9-3-4-10-14/h5-8,11H,2-4,9-10,14H2,1H3;5-8,11H,3-4,9-10H2,1-2H3. The van der Waals surface area contributed by atoms with E-state index in [1.165, 1.54) is 75.1 Å². The molecule has 2 heterocycles. The number of rotatable bonds is 4. The molecule has 2 aromatic carbocycles. The van der Waals surface area contributed by atoms with Gasteiger partial charge in [0.1, 0.15) is 0 Å². The zero-order valence-electron chi connectivity index (χ0n) is 18.6. The third-order valence-electron chi connectivity index (χ3n) is 6.39. The molecule has 2 fully saturated rings. The van der Waals surface area contributed by atoms with Crippen molar-refractivity contribution in [2.24, 2.45) is 0 Å². The van der Waals surface area contributed by atoms with E-state index in [9.17, 15) is 0 Å². The Morgan fingerprint density at radius 2 is 1.17 bits per heavy atom. The van der Waals surface area contributed by atoms with Gasteiger partial charge in [0.05, 0.1) is 0 Å². The maximum Gasteiger partial charge on any atom is 0.0366 e. The van der Waals surface area contributed by atoms with E-state index in [1.807, 2.05) is 12.1 Å². The highest BCUT2D eigenvalue weighted by Gasteiger charge is 2.17. The lowest BCUT2D eigenvalue weighted by Crippen LogP contribution is -2.32. The van der Waals surface area contributed by atoms with Crippen molar-refractivity contribution in [3.8, 4) is 0 Å². The molecule has 0 aliphatic carbocycles. The second-order valence-corrected chi connectivity index (χ2v) is 8.88. The van der Waals surface area contributed by atoms with Gasteiger partial charge in [0, 0.05) is 30.5 Å². The first kappa shape index (κ1) is 21.7. The number of piperidine rings is 1. The van der Waals surface area contributed by atoms with Gasteiger partial charge in [-0.3, -0.25) is 4.90 Å². The van der Waals surface area contributed by atoms with E-state index >= 15 is 0 Å². The molecule has 1 atom stereocenters. The van der Waals surface area contributed by atoms with Crippen molar-refractivity contribution in [2.45, 2.75) is 64.8 Å². The summed E-state index contributed by atoms with van der Waals surface area (Å²) in [7, 11) is 0. The van der Waals surface area contributed by atoms with Gasteiger partial charge in [-0.1, -0.05) is 44.5 Å². The van der Waals surface area contributed by atoms with E-state index in [2.05, 4.69) is 67.0 Å². The summed E-state index contributed by atoms with van der Waals surface area (Å²) in [6.07, 6.45) is 6.79. The number of nitrogen functional groups attached to an aromatic ring is 1. The highest BCUT2D eigenvalue weighted by molar-refractivity contribution is 5.48. The Bertz CT molecular complexity index is 709. The number of nitrogens with zero attached hydrogens (tertiary/aromatic N) is 2. The molecule has 2 aliphatic rings. The van der Waals surface area contributed by atoms with Crippen LogP contribution in [0.15, 0.2) is 48.5 Å². The molecule has 2 N–H and O–H groups in total. The van der Waals surface area contributed by atoms with Crippen LogP contribution in [0.3, 0.4) is 0 Å². The van der Waals surface area contributed by atoms with Gasteiger partial charge in [-0.05, 0) is 87.0 Å². The van der Waals surface area contributed by atoms with Gasteiger partial charge in [-0.2, -0.15) is 0 Å². The van der Waals surface area contributed by atoms with Gasteiger partial charge >= 0.3 is 0 Å². The molecule has 1 unspecified atom stereocenters. The average molecular weight is 394 g/mol. The van der Waals surface area contributed by atoms with Crippen molar-refractivity contribution in [3.05, 3.63) is 59.7 Å². The van der Waals surface area contributed by atoms with Crippen molar-refractivity contribution >= 4 is 11.4 Å². The Balaban J connectivity index is 0.000000166. The van der Waals surface area contributed by atoms with Crippen LogP contribution in [0, 0.1) is 0 Å². The van der Waals surface area contributed by atoms with Crippen molar-refractivity contribution in [3.63, 3.8) is 0 Å². The molecule has 2 aromatic rings. The summed E-state index contributed by atoms with van der Waals surface area (Å²) in [5.74, 6) is 0.641. The first-order valence-electron chi connectivity index (χ1n) is 11.5. The fourth-order valence-electron chi connectivity index (χ4n) is 4.34. The van der Waals surface area contributed by atoms with Gasteiger partial charge < -0.3 is 10.6 Å². The lowest BCUT2D eigenvalue weighted by atomic mass is 10.0. The van der Waals surface area contributed by atoms with Crippen molar-refractivity contribution in [1.29, 1.82) is 0 Å².